The Hall–Kier alpha value is -2.60. The van der Waals surface area contributed by atoms with Crippen LogP contribution >= 0.6 is 0 Å². The van der Waals surface area contributed by atoms with Gasteiger partial charge in [0.1, 0.15) is 11.8 Å². The van der Waals surface area contributed by atoms with Crippen LogP contribution in [0.1, 0.15) is 50.1 Å². The number of fused-ring (bicyclic) bond motifs is 1. The zero-order valence-corrected chi connectivity index (χ0v) is 14.9. The lowest BCUT2D eigenvalue weighted by atomic mass is 10.0. The predicted octanol–water partition coefficient (Wildman–Crippen LogP) is 3.41. The van der Waals surface area contributed by atoms with Gasteiger partial charge in [0, 0.05) is 36.8 Å². The van der Waals surface area contributed by atoms with Crippen LogP contribution in [0.5, 0.6) is 0 Å². The second-order valence-corrected chi connectivity index (χ2v) is 6.72. The van der Waals surface area contributed by atoms with E-state index in [0.717, 1.165) is 28.6 Å². The normalized spacial score (nSPS) is 12.7. The van der Waals surface area contributed by atoms with E-state index >= 15 is 0 Å². The Balaban J connectivity index is 2.09. The molecule has 25 heavy (non-hydrogen) atoms. The van der Waals surface area contributed by atoms with Crippen molar-refractivity contribution in [2.24, 2.45) is 5.92 Å². The topological polar surface area (TPSA) is 80.9 Å². The number of aliphatic hydroxyl groups excluding tert-OH is 1. The van der Waals surface area contributed by atoms with Gasteiger partial charge in [-0.25, -0.2) is 9.97 Å². The average Bonchev–Trinajstić information content (AvgIpc) is 2.92. The van der Waals surface area contributed by atoms with E-state index in [1.807, 2.05) is 22.9 Å². The van der Waals surface area contributed by atoms with Crippen LogP contribution in [0.25, 0.3) is 22.0 Å². The maximum Gasteiger partial charge on any atom is 0.180 e. The van der Waals surface area contributed by atoms with Crippen LogP contribution < -0.4 is 0 Å². The van der Waals surface area contributed by atoms with Gasteiger partial charge in [0.05, 0.1) is 5.52 Å². The molecule has 3 aromatic rings. The van der Waals surface area contributed by atoms with Crippen molar-refractivity contribution >= 4 is 16.7 Å². The number of Topliss-reactive ketones (excluding diaryl/α,β-unsaturated/α-hetero) is 1. The maximum atomic E-state index is 12.0. The van der Waals surface area contributed by atoms with Crippen molar-refractivity contribution in [3.8, 4) is 11.1 Å². The molecule has 1 unspecified atom stereocenters. The van der Waals surface area contributed by atoms with E-state index in [1.54, 1.807) is 19.3 Å². The number of hydrogen-bond donors (Lipinski definition) is 1. The number of aliphatic hydroxyl groups is 1. The molecule has 0 aliphatic heterocycles. The smallest absolute Gasteiger partial charge is 0.180 e. The highest BCUT2D eigenvalue weighted by molar-refractivity contribution is 6.05. The molecule has 2 heterocycles. The fourth-order valence-electron chi connectivity index (χ4n) is 2.81. The molecule has 6 heteroatoms. The minimum atomic E-state index is -0.699. The van der Waals surface area contributed by atoms with E-state index in [1.165, 1.54) is 6.92 Å². The second-order valence-electron chi connectivity index (χ2n) is 6.72. The highest BCUT2D eigenvalue weighted by Crippen LogP contribution is 2.27. The Morgan fingerprint density at radius 2 is 1.84 bits per heavy atom. The summed E-state index contributed by atoms with van der Waals surface area (Å²) < 4.78 is 1.90. The minimum Gasteiger partial charge on any atom is -0.385 e. The summed E-state index contributed by atoms with van der Waals surface area (Å²) in [6.45, 7) is 8.17. The molecule has 1 N–H and O–H groups in total. The third-order valence-corrected chi connectivity index (χ3v) is 4.00. The first kappa shape index (κ1) is 17.2. The van der Waals surface area contributed by atoms with E-state index in [2.05, 4.69) is 28.9 Å². The van der Waals surface area contributed by atoms with Crippen LogP contribution in [0.3, 0.4) is 0 Å². The number of carbonyl (C=O) groups excluding carboxylic acids is 1. The van der Waals surface area contributed by atoms with Gasteiger partial charge in [-0.1, -0.05) is 19.9 Å². The first-order valence-electron chi connectivity index (χ1n) is 8.38. The molecule has 1 aromatic carbocycles. The Kier molecular flexibility index (Phi) is 4.63. The number of nitrogens with zero attached hydrogens (tertiary/aromatic N) is 4. The Morgan fingerprint density at radius 1 is 1.16 bits per heavy atom. The van der Waals surface area contributed by atoms with E-state index in [9.17, 15) is 9.90 Å². The lowest BCUT2D eigenvalue weighted by molar-refractivity contribution is 0.101. The molecule has 0 aliphatic carbocycles. The molecule has 0 fully saturated rings. The molecule has 0 saturated carbocycles. The average molecular weight is 338 g/mol. The van der Waals surface area contributed by atoms with Gasteiger partial charge >= 0.3 is 0 Å². The number of benzene rings is 1. The summed E-state index contributed by atoms with van der Waals surface area (Å²) in [5.41, 5.74) is 3.18. The van der Waals surface area contributed by atoms with Gasteiger partial charge in [-0.05, 0) is 30.5 Å². The first-order chi connectivity index (χ1) is 11.9. The van der Waals surface area contributed by atoms with Crippen LogP contribution in [0.2, 0.25) is 0 Å². The number of ketones is 1. The van der Waals surface area contributed by atoms with Crippen molar-refractivity contribution < 1.29 is 9.90 Å². The minimum absolute atomic E-state index is 0.0506. The highest BCUT2D eigenvalue weighted by atomic mass is 16.3. The molecule has 3 rings (SSSR count). The molecule has 6 nitrogen and oxygen atoms in total. The number of aromatic nitrogens is 4. The van der Waals surface area contributed by atoms with E-state index < -0.39 is 6.10 Å². The summed E-state index contributed by atoms with van der Waals surface area (Å²) in [4.78, 5) is 20.4. The van der Waals surface area contributed by atoms with E-state index in [-0.39, 0.29) is 5.78 Å². The molecule has 0 spiro atoms. The monoisotopic (exact) mass is 338 g/mol. The van der Waals surface area contributed by atoms with Gasteiger partial charge in [-0.15, -0.1) is 0 Å². The standard InChI is InChI=1S/C19H22N4O2/c1-11(2)10-23-17-6-5-14(7-16(17)18(22-23)12(3)24)15-8-20-19(13(4)25)21-9-15/h5-9,11,13,25H,10H2,1-4H3. The lowest BCUT2D eigenvalue weighted by Gasteiger charge is -2.07. The summed E-state index contributed by atoms with van der Waals surface area (Å²) in [5.74, 6) is 0.772. The van der Waals surface area contributed by atoms with Crippen molar-refractivity contribution in [1.29, 1.82) is 0 Å². The van der Waals surface area contributed by atoms with Gasteiger partial charge in [0.25, 0.3) is 0 Å². The van der Waals surface area contributed by atoms with Crippen molar-refractivity contribution in [2.75, 3.05) is 0 Å². The van der Waals surface area contributed by atoms with E-state index in [0.29, 0.717) is 17.4 Å². The zero-order valence-electron chi connectivity index (χ0n) is 14.9. The predicted molar refractivity (Wildman–Crippen MR) is 96.2 cm³/mol. The maximum absolute atomic E-state index is 12.0. The summed E-state index contributed by atoms with van der Waals surface area (Å²) in [6.07, 6.45) is 2.67. The summed E-state index contributed by atoms with van der Waals surface area (Å²) >= 11 is 0. The summed E-state index contributed by atoms with van der Waals surface area (Å²) in [6, 6.07) is 5.91. The number of carbonyl (C=O) groups is 1. The number of rotatable bonds is 5. The van der Waals surface area contributed by atoms with Gasteiger partial charge < -0.3 is 5.11 Å². The van der Waals surface area contributed by atoms with Gasteiger partial charge in [-0.2, -0.15) is 5.10 Å². The van der Waals surface area contributed by atoms with Crippen LogP contribution in [0.15, 0.2) is 30.6 Å². The molecular weight excluding hydrogens is 316 g/mol. The molecular formula is C19H22N4O2. The molecule has 2 aromatic heterocycles. The Bertz CT molecular complexity index is 911. The number of hydrogen-bond acceptors (Lipinski definition) is 5. The molecule has 130 valence electrons. The van der Waals surface area contributed by atoms with Gasteiger partial charge in [0.15, 0.2) is 11.6 Å². The molecule has 0 radical (unpaired) electrons. The van der Waals surface area contributed by atoms with Crippen LogP contribution in [-0.2, 0) is 6.54 Å². The van der Waals surface area contributed by atoms with Crippen LogP contribution in [0.4, 0.5) is 0 Å². The Labute approximate surface area is 146 Å². The first-order valence-corrected chi connectivity index (χ1v) is 8.38. The zero-order chi connectivity index (χ0) is 18.1. The lowest BCUT2D eigenvalue weighted by Crippen LogP contribution is -2.07. The second kappa shape index (κ2) is 6.72. The fraction of sp³-hybridized carbons (Fsp3) is 0.368. The van der Waals surface area contributed by atoms with Crippen molar-refractivity contribution in [2.45, 2.75) is 40.3 Å². The fourth-order valence-corrected chi connectivity index (χ4v) is 2.81. The third-order valence-electron chi connectivity index (χ3n) is 4.00. The van der Waals surface area contributed by atoms with Gasteiger partial charge in [-0.3, -0.25) is 9.48 Å². The van der Waals surface area contributed by atoms with Crippen LogP contribution in [-0.4, -0.2) is 30.6 Å². The molecule has 0 saturated heterocycles. The third kappa shape index (κ3) is 3.44. The molecule has 1 atom stereocenters. The van der Waals surface area contributed by atoms with Crippen molar-refractivity contribution in [1.82, 2.24) is 19.7 Å². The molecule has 0 aliphatic rings. The van der Waals surface area contributed by atoms with Crippen molar-refractivity contribution in [3.63, 3.8) is 0 Å². The highest BCUT2D eigenvalue weighted by Gasteiger charge is 2.16. The SMILES string of the molecule is CC(=O)c1nn(CC(C)C)c2ccc(-c3cnc(C(C)O)nc3)cc12. The largest absolute Gasteiger partial charge is 0.385 e. The summed E-state index contributed by atoms with van der Waals surface area (Å²) in [7, 11) is 0. The molecule has 0 bridgehead atoms. The van der Waals surface area contributed by atoms with Crippen molar-refractivity contribution in [3.05, 3.63) is 42.1 Å². The van der Waals surface area contributed by atoms with Gasteiger partial charge in [0.2, 0.25) is 0 Å². The summed E-state index contributed by atoms with van der Waals surface area (Å²) in [5, 5.41) is 14.9. The Morgan fingerprint density at radius 3 is 2.40 bits per heavy atom. The van der Waals surface area contributed by atoms with Crippen LogP contribution in [0, 0.1) is 5.92 Å². The molecule has 0 amide bonds. The quantitative estimate of drug-likeness (QED) is 0.721. The van der Waals surface area contributed by atoms with E-state index in [4.69, 9.17) is 0 Å².